The van der Waals surface area contributed by atoms with Crippen molar-refractivity contribution >= 4 is 10.9 Å². The van der Waals surface area contributed by atoms with Gasteiger partial charge in [0.1, 0.15) is 0 Å². The van der Waals surface area contributed by atoms with E-state index in [1.165, 1.54) is 16.5 Å². The van der Waals surface area contributed by atoms with Crippen molar-refractivity contribution in [1.82, 2.24) is 15.6 Å². The van der Waals surface area contributed by atoms with Crippen LogP contribution in [0.5, 0.6) is 0 Å². The summed E-state index contributed by atoms with van der Waals surface area (Å²) in [5, 5.41) is 8.27. The van der Waals surface area contributed by atoms with E-state index in [1.54, 1.807) is 0 Å². The summed E-state index contributed by atoms with van der Waals surface area (Å²) < 4.78 is 0. The molecular formula is C12H15N3. The van der Waals surface area contributed by atoms with Gasteiger partial charge in [-0.15, -0.1) is 0 Å². The van der Waals surface area contributed by atoms with Crippen LogP contribution >= 0.6 is 0 Å². The molecule has 3 heteroatoms. The molecule has 1 aromatic heterocycles. The lowest BCUT2D eigenvalue weighted by atomic mass is 10.0. The minimum absolute atomic E-state index is 0.440. The molecule has 3 rings (SSSR count). The molecule has 2 aromatic rings. The van der Waals surface area contributed by atoms with Gasteiger partial charge in [-0.2, -0.15) is 0 Å². The Hall–Kier alpha value is -1.32. The topological polar surface area (TPSA) is 39.8 Å². The van der Waals surface area contributed by atoms with Crippen molar-refractivity contribution in [2.24, 2.45) is 0 Å². The Balaban J connectivity index is 2.02. The second kappa shape index (κ2) is 3.68. The van der Waals surface area contributed by atoms with Gasteiger partial charge in [-0.3, -0.25) is 0 Å². The second-order valence-corrected chi connectivity index (χ2v) is 4.00. The molecule has 0 aliphatic carbocycles. The molecule has 78 valence electrons. The van der Waals surface area contributed by atoms with Crippen LogP contribution in [0.4, 0.5) is 0 Å². The number of aromatic nitrogens is 1. The molecule has 0 saturated carbocycles. The van der Waals surface area contributed by atoms with E-state index in [-0.39, 0.29) is 0 Å². The Morgan fingerprint density at radius 2 is 2.07 bits per heavy atom. The summed E-state index contributed by atoms with van der Waals surface area (Å²) in [7, 11) is 0. The maximum Gasteiger partial charge on any atom is 0.0468 e. The largest absolute Gasteiger partial charge is 0.361 e. The third-order valence-corrected chi connectivity index (χ3v) is 3.04. The van der Waals surface area contributed by atoms with E-state index < -0.39 is 0 Å². The first-order chi connectivity index (χ1) is 7.45. The molecule has 1 aliphatic rings. The zero-order valence-electron chi connectivity index (χ0n) is 8.59. The van der Waals surface area contributed by atoms with Crippen molar-refractivity contribution in [3.05, 3.63) is 36.0 Å². The van der Waals surface area contributed by atoms with Crippen molar-refractivity contribution in [3.63, 3.8) is 0 Å². The number of benzene rings is 1. The zero-order chi connectivity index (χ0) is 10.1. The average molecular weight is 201 g/mol. The SMILES string of the molecule is c1ccc2c([C@@H]3CNCCN3)c[nH]c2c1. The Labute approximate surface area is 88.9 Å². The summed E-state index contributed by atoms with van der Waals surface area (Å²) in [5.74, 6) is 0. The average Bonchev–Trinajstić information content (AvgIpc) is 2.74. The van der Waals surface area contributed by atoms with E-state index in [0.717, 1.165) is 19.6 Å². The Kier molecular flexibility index (Phi) is 2.19. The Morgan fingerprint density at radius 1 is 1.13 bits per heavy atom. The predicted molar refractivity (Wildman–Crippen MR) is 61.9 cm³/mol. The van der Waals surface area contributed by atoms with E-state index in [0.29, 0.717) is 6.04 Å². The highest BCUT2D eigenvalue weighted by Crippen LogP contribution is 2.24. The molecule has 0 amide bonds. The molecule has 1 fully saturated rings. The number of piperazine rings is 1. The number of hydrogen-bond donors (Lipinski definition) is 3. The highest BCUT2D eigenvalue weighted by atomic mass is 15.1. The van der Waals surface area contributed by atoms with E-state index in [4.69, 9.17) is 0 Å². The molecule has 0 spiro atoms. The fraction of sp³-hybridized carbons (Fsp3) is 0.333. The minimum Gasteiger partial charge on any atom is -0.361 e. The predicted octanol–water partition coefficient (Wildman–Crippen LogP) is 1.40. The first-order valence-corrected chi connectivity index (χ1v) is 5.45. The van der Waals surface area contributed by atoms with Gasteiger partial charge < -0.3 is 15.6 Å². The number of nitrogens with one attached hydrogen (secondary N) is 3. The summed E-state index contributed by atoms with van der Waals surface area (Å²) in [5.41, 5.74) is 2.60. The van der Waals surface area contributed by atoms with Crippen LogP contribution in [0.3, 0.4) is 0 Å². The molecule has 3 N–H and O–H groups in total. The first-order valence-electron chi connectivity index (χ1n) is 5.45. The van der Waals surface area contributed by atoms with Gasteiger partial charge in [0.25, 0.3) is 0 Å². The molecule has 1 saturated heterocycles. The lowest BCUT2D eigenvalue weighted by Gasteiger charge is -2.24. The van der Waals surface area contributed by atoms with Crippen LogP contribution in [0.1, 0.15) is 11.6 Å². The number of hydrogen-bond acceptors (Lipinski definition) is 2. The molecule has 1 atom stereocenters. The highest BCUT2D eigenvalue weighted by molar-refractivity contribution is 5.83. The van der Waals surface area contributed by atoms with Crippen molar-refractivity contribution in [3.8, 4) is 0 Å². The zero-order valence-corrected chi connectivity index (χ0v) is 8.59. The highest BCUT2D eigenvalue weighted by Gasteiger charge is 2.17. The monoisotopic (exact) mass is 201 g/mol. The number of H-pyrrole nitrogens is 1. The van der Waals surface area contributed by atoms with Crippen LogP contribution in [0, 0.1) is 0 Å². The van der Waals surface area contributed by atoms with Gasteiger partial charge in [-0.1, -0.05) is 18.2 Å². The van der Waals surface area contributed by atoms with E-state index >= 15 is 0 Å². The Bertz CT molecular complexity index is 455. The van der Waals surface area contributed by atoms with Crippen LogP contribution in [0.2, 0.25) is 0 Å². The van der Waals surface area contributed by atoms with Gasteiger partial charge in [-0.05, 0) is 11.6 Å². The molecule has 1 aliphatic heterocycles. The van der Waals surface area contributed by atoms with Gasteiger partial charge >= 0.3 is 0 Å². The number of para-hydroxylation sites is 1. The van der Waals surface area contributed by atoms with Crippen molar-refractivity contribution < 1.29 is 0 Å². The Morgan fingerprint density at radius 3 is 2.93 bits per heavy atom. The molecule has 0 bridgehead atoms. The maximum atomic E-state index is 3.53. The van der Waals surface area contributed by atoms with Gasteiger partial charge in [0.05, 0.1) is 0 Å². The molecule has 3 nitrogen and oxygen atoms in total. The van der Waals surface area contributed by atoms with Crippen molar-refractivity contribution in [2.45, 2.75) is 6.04 Å². The molecule has 2 heterocycles. The lowest BCUT2D eigenvalue weighted by molar-refractivity contribution is 0.432. The van der Waals surface area contributed by atoms with Crippen LogP contribution < -0.4 is 10.6 Å². The molecule has 0 radical (unpaired) electrons. The molecule has 1 aromatic carbocycles. The minimum atomic E-state index is 0.440. The van der Waals surface area contributed by atoms with Crippen LogP contribution in [-0.2, 0) is 0 Å². The van der Waals surface area contributed by atoms with Gasteiger partial charge in [0.2, 0.25) is 0 Å². The third-order valence-electron chi connectivity index (χ3n) is 3.04. The normalized spacial score (nSPS) is 22.0. The quantitative estimate of drug-likeness (QED) is 0.652. The van der Waals surface area contributed by atoms with Gasteiger partial charge in [-0.25, -0.2) is 0 Å². The fourth-order valence-corrected chi connectivity index (χ4v) is 2.26. The van der Waals surface area contributed by atoms with Crippen LogP contribution in [0.25, 0.3) is 10.9 Å². The lowest BCUT2D eigenvalue weighted by Crippen LogP contribution is -2.42. The fourth-order valence-electron chi connectivity index (χ4n) is 2.26. The standard InChI is InChI=1S/C12H15N3/c1-2-4-11-9(3-1)10(7-15-11)12-8-13-5-6-14-12/h1-4,7,12-15H,5-6,8H2/t12-/m0/s1. The smallest absolute Gasteiger partial charge is 0.0468 e. The van der Waals surface area contributed by atoms with Crippen molar-refractivity contribution in [2.75, 3.05) is 19.6 Å². The van der Waals surface area contributed by atoms with Gasteiger partial charge in [0, 0.05) is 42.8 Å². The number of rotatable bonds is 1. The summed E-state index contributed by atoms with van der Waals surface area (Å²) in [6.07, 6.45) is 2.12. The summed E-state index contributed by atoms with van der Waals surface area (Å²) in [4.78, 5) is 3.32. The summed E-state index contributed by atoms with van der Waals surface area (Å²) >= 11 is 0. The summed E-state index contributed by atoms with van der Waals surface area (Å²) in [6.45, 7) is 3.13. The first kappa shape index (κ1) is 8.95. The maximum absolute atomic E-state index is 3.53. The summed E-state index contributed by atoms with van der Waals surface area (Å²) in [6, 6.07) is 8.90. The molecule has 0 unspecified atom stereocenters. The van der Waals surface area contributed by atoms with E-state index in [2.05, 4.69) is 46.1 Å². The van der Waals surface area contributed by atoms with E-state index in [1.807, 2.05) is 0 Å². The van der Waals surface area contributed by atoms with Crippen LogP contribution in [0.15, 0.2) is 30.5 Å². The van der Waals surface area contributed by atoms with E-state index in [9.17, 15) is 0 Å². The number of aromatic amines is 1. The second-order valence-electron chi connectivity index (χ2n) is 4.00. The molecule has 15 heavy (non-hydrogen) atoms. The van der Waals surface area contributed by atoms with Crippen molar-refractivity contribution in [1.29, 1.82) is 0 Å². The van der Waals surface area contributed by atoms with Gasteiger partial charge in [0.15, 0.2) is 0 Å². The molecular weight excluding hydrogens is 186 g/mol. The van der Waals surface area contributed by atoms with Crippen LogP contribution in [-0.4, -0.2) is 24.6 Å². The number of fused-ring (bicyclic) bond motifs is 1. The third kappa shape index (κ3) is 1.54.